The normalized spacial score (nSPS) is 16.5. The zero-order valence-electron chi connectivity index (χ0n) is 9.04. The van der Waals surface area contributed by atoms with E-state index < -0.39 is 5.60 Å². The van der Waals surface area contributed by atoms with E-state index >= 15 is 0 Å². The summed E-state index contributed by atoms with van der Waals surface area (Å²) in [5.74, 6) is 0. The van der Waals surface area contributed by atoms with Crippen molar-refractivity contribution in [3.63, 3.8) is 0 Å². The van der Waals surface area contributed by atoms with E-state index in [9.17, 15) is 4.79 Å². The molecular formula is C11H17NO2. The van der Waals surface area contributed by atoms with Crippen LogP contribution in [0.25, 0.3) is 0 Å². The molecule has 0 unspecified atom stereocenters. The lowest BCUT2D eigenvalue weighted by atomic mass is 10.2. The molecule has 0 aromatic carbocycles. The van der Waals surface area contributed by atoms with Gasteiger partial charge in [0.2, 0.25) is 0 Å². The van der Waals surface area contributed by atoms with E-state index in [-0.39, 0.29) is 6.09 Å². The third-order valence-corrected chi connectivity index (χ3v) is 1.85. The molecule has 0 spiro atoms. The van der Waals surface area contributed by atoms with Crippen molar-refractivity contribution in [2.45, 2.75) is 32.8 Å². The van der Waals surface area contributed by atoms with E-state index in [1.807, 2.05) is 20.8 Å². The number of hydrogen-bond acceptors (Lipinski definition) is 2. The topological polar surface area (TPSA) is 29.5 Å². The highest BCUT2D eigenvalue weighted by molar-refractivity contribution is 5.70. The molecule has 1 rings (SSSR count). The van der Waals surface area contributed by atoms with Gasteiger partial charge in [-0.1, -0.05) is 12.7 Å². The molecule has 0 saturated heterocycles. The van der Waals surface area contributed by atoms with Crippen molar-refractivity contribution >= 4 is 6.09 Å². The fourth-order valence-corrected chi connectivity index (χ4v) is 1.20. The van der Waals surface area contributed by atoms with Crippen LogP contribution in [-0.2, 0) is 4.74 Å². The van der Waals surface area contributed by atoms with Gasteiger partial charge >= 0.3 is 6.09 Å². The van der Waals surface area contributed by atoms with Gasteiger partial charge in [-0.15, -0.1) is 0 Å². The van der Waals surface area contributed by atoms with Crippen LogP contribution in [0.15, 0.2) is 24.4 Å². The van der Waals surface area contributed by atoms with Crippen LogP contribution in [0.1, 0.15) is 27.2 Å². The van der Waals surface area contributed by atoms with Crippen molar-refractivity contribution in [2.75, 3.05) is 6.54 Å². The fraction of sp³-hybridized carbons (Fsp3) is 0.545. The summed E-state index contributed by atoms with van der Waals surface area (Å²) >= 11 is 0. The predicted molar refractivity (Wildman–Crippen MR) is 55.8 cm³/mol. The fourth-order valence-electron chi connectivity index (χ4n) is 1.20. The molecule has 3 nitrogen and oxygen atoms in total. The molecule has 78 valence electrons. The first kappa shape index (κ1) is 10.8. The van der Waals surface area contributed by atoms with Crippen molar-refractivity contribution in [3.8, 4) is 0 Å². The number of ether oxygens (including phenoxy) is 1. The van der Waals surface area contributed by atoms with Gasteiger partial charge in [-0.2, -0.15) is 0 Å². The van der Waals surface area contributed by atoms with Crippen LogP contribution in [-0.4, -0.2) is 23.1 Å². The Hall–Kier alpha value is -1.25. The highest BCUT2D eigenvalue weighted by atomic mass is 16.6. The molecule has 1 aliphatic rings. The standard InChI is InChI=1S/C11H17NO2/c1-5-9-6-7-12(8-9)10(13)14-11(2,3)4/h5,8H,1,6-7H2,2-4H3. The predicted octanol–water partition coefficient (Wildman–Crippen LogP) is 2.70. The lowest BCUT2D eigenvalue weighted by molar-refractivity contribution is 0.0349. The quantitative estimate of drug-likeness (QED) is 0.643. The van der Waals surface area contributed by atoms with Crippen molar-refractivity contribution in [2.24, 2.45) is 0 Å². The maximum atomic E-state index is 11.5. The maximum absolute atomic E-state index is 11.5. The second-order valence-corrected chi connectivity index (χ2v) is 4.33. The van der Waals surface area contributed by atoms with Crippen LogP contribution in [0.3, 0.4) is 0 Å². The molecule has 14 heavy (non-hydrogen) atoms. The lowest BCUT2D eigenvalue weighted by Gasteiger charge is -2.23. The molecule has 1 aliphatic heterocycles. The van der Waals surface area contributed by atoms with Crippen LogP contribution >= 0.6 is 0 Å². The maximum Gasteiger partial charge on any atom is 0.414 e. The van der Waals surface area contributed by atoms with Gasteiger partial charge in [0.05, 0.1) is 0 Å². The molecule has 0 atom stereocenters. The highest BCUT2D eigenvalue weighted by Gasteiger charge is 2.23. The Labute approximate surface area is 85.0 Å². The van der Waals surface area contributed by atoms with Crippen LogP contribution in [0.5, 0.6) is 0 Å². The largest absolute Gasteiger partial charge is 0.443 e. The summed E-state index contributed by atoms with van der Waals surface area (Å²) in [4.78, 5) is 13.1. The molecule has 0 radical (unpaired) electrons. The highest BCUT2D eigenvalue weighted by Crippen LogP contribution is 2.18. The molecule has 3 heteroatoms. The van der Waals surface area contributed by atoms with Gasteiger partial charge in [-0.3, -0.25) is 4.90 Å². The molecule has 0 aliphatic carbocycles. The van der Waals surface area contributed by atoms with E-state index in [4.69, 9.17) is 4.74 Å². The minimum absolute atomic E-state index is 0.283. The van der Waals surface area contributed by atoms with Crippen molar-refractivity contribution < 1.29 is 9.53 Å². The van der Waals surface area contributed by atoms with Gasteiger partial charge in [0.15, 0.2) is 0 Å². The van der Waals surface area contributed by atoms with Crippen molar-refractivity contribution in [3.05, 3.63) is 24.4 Å². The van der Waals surface area contributed by atoms with Gasteiger partial charge in [0, 0.05) is 12.7 Å². The van der Waals surface area contributed by atoms with Crippen LogP contribution in [0, 0.1) is 0 Å². The third kappa shape index (κ3) is 2.91. The summed E-state index contributed by atoms with van der Waals surface area (Å²) in [7, 11) is 0. The summed E-state index contributed by atoms with van der Waals surface area (Å²) in [6, 6.07) is 0. The Morgan fingerprint density at radius 3 is 2.71 bits per heavy atom. The molecule has 0 aromatic heterocycles. The van der Waals surface area contributed by atoms with E-state index in [2.05, 4.69) is 6.58 Å². The first-order chi connectivity index (χ1) is 6.42. The number of allylic oxidation sites excluding steroid dienone is 1. The van der Waals surface area contributed by atoms with E-state index in [1.165, 1.54) is 0 Å². The van der Waals surface area contributed by atoms with Crippen LogP contribution in [0.4, 0.5) is 4.79 Å². The Balaban J connectivity index is 2.56. The molecule has 1 heterocycles. The van der Waals surface area contributed by atoms with Gasteiger partial charge in [-0.25, -0.2) is 4.79 Å². The Kier molecular flexibility index (Phi) is 2.99. The van der Waals surface area contributed by atoms with Gasteiger partial charge in [-0.05, 0) is 32.8 Å². The zero-order chi connectivity index (χ0) is 10.8. The number of carbonyl (C=O) groups is 1. The summed E-state index contributed by atoms with van der Waals surface area (Å²) in [5.41, 5.74) is 0.651. The molecule has 0 aromatic rings. The first-order valence-corrected chi connectivity index (χ1v) is 4.75. The number of hydrogen-bond donors (Lipinski definition) is 0. The summed E-state index contributed by atoms with van der Waals surface area (Å²) in [6.07, 6.45) is 4.14. The number of nitrogens with zero attached hydrogens (tertiary/aromatic N) is 1. The monoisotopic (exact) mass is 195 g/mol. The zero-order valence-corrected chi connectivity index (χ0v) is 9.04. The summed E-state index contributed by atoms with van der Waals surface area (Å²) < 4.78 is 5.22. The number of rotatable bonds is 1. The number of carbonyl (C=O) groups excluding carboxylic acids is 1. The smallest absolute Gasteiger partial charge is 0.414 e. The minimum Gasteiger partial charge on any atom is -0.443 e. The lowest BCUT2D eigenvalue weighted by Crippen LogP contribution is -2.32. The molecule has 0 N–H and O–H groups in total. The summed E-state index contributed by atoms with van der Waals surface area (Å²) in [6.45, 7) is 9.94. The minimum atomic E-state index is -0.429. The Morgan fingerprint density at radius 2 is 2.29 bits per heavy atom. The molecular weight excluding hydrogens is 178 g/mol. The third-order valence-electron chi connectivity index (χ3n) is 1.85. The van der Waals surface area contributed by atoms with Gasteiger partial charge < -0.3 is 4.74 Å². The van der Waals surface area contributed by atoms with E-state index in [1.54, 1.807) is 17.2 Å². The molecule has 0 bridgehead atoms. The average molecular weight is 195 g/mol. The van der Waals surface area contributed by atoms with Gasteiger partial charge in [0.1, 0.15) is 5.60 Å². The SMILES string of the molecule is C=CC1=CN(C(=O)OC(C)(C)C)CC1. The number of amides is 1. The van der Waals surface area contributed by atoms with Crippen molar-refractivity contribution in [1.82, 2.24) is 4.90 Å². The van der Waals surface area contributed by atoms with Crippen LogP contribution < -0.4 is 0 Å². The molecule has 1 amide bonds. The average Bonchev–Trinajstić information content (AvgIpc) is 2.48. The first-order valence-electron chi connectivity index (χ1n) is 4.75. The van der Waals surface area contributed by atoms with Crippen LogP contribution in [0.2, 0.25) is 0 Å². The van der Waals surface area contributed by atoms with E-state index in [0.29, 0.717) is 6.54 Å². The van der Waals surface area contributed by atoms with E-state index in [0.717, 1.165) is 12.0 Å². The second-order valence-electron chi connectivity index (χ2n) is 4.33. The Bertz CT molecular complexity index is 274. The Morgan fingerprint density at radius 1 is 1.64 bits per heavy atom. The second kappa shape index (κ2) is 3.86. The van der Waals surface area contributed by atoms with Gasteiger partial charge in [0.25, 0.3) is 0 Å². The molecule has 0 fully saturated rings. The molecule has 0 saturated carbocycles. The summed E-state index contributed by atoms with van der Waals surface area (Å²) in [5, 5.41) is 0. The van der Waals surface area contributed by atoms with Crippen molar-refractivity contribution in [1.29, 1.82) is 0 Å².